The Balaban J connectivity index is 2.28. The lowest BCUT2D eigenvalue weighted by Crippen LogP contribution is -2.29. The zero-order chi connectivity index (χ0) is 14.9. The molecule has 1 fully saturated rings. The number of esters is 1. The highest BCUT2D eigenvalue weighted by atomic mass is 16.5. The van der Waals surface area contributed by atoms with E-state index >= 15 is 0 Å². The van der Waals surface area contributed by atoms with E-state index in [9.17, 15) is 9.59 Å². The number of allylic oxidation sites excluding steroid dienone is 2. The molecule has 2 aliphatic carbocycles. The third-order valence-electron chi connectivity index (χ3n) is 5.10. The summed E-state index contributed by atoms with van der Waals surface area (Å²) >= 11 is 0. The van der Waals surface area contributed by atoms with Gasteiger partial charge in [0.05, 0.1) is 13.0 Å². The third-order valence-corrected chi connectivity index (χ3v) is 5.10. The Morgan fingerprint density at radius 3 is 2.65 bits per heavy atom. The van der Waals surface area contributed by atoms with Crippen LogP contribution in [0.5, 0.6) is 0 Å². The molecule has 0 aromatic rings. The molecule has 0 aliphatic heterocycles. The molecule has 2 rings (SSSR count). The van der Waals surface area contributed by atoms with Crippen LogP contribution in [0.3, 0.4) is 0 Å². The third kappa shape index (κ3) is 2.82. The molecule has 112 valence electrons. The highest BCUT2D eigenvalue weighted by Crippen LogP contribution is 2.51. The molecular formula is C17H26O3. The summed E-state index contributed by atoms with van der Waals surface area (Å²) in [4.78, 5) is 24.0. The van der Waals surface area contributed by atoms with Gasteiger partial charge in [0.2, 0.25) is 0 Å². The smallest absolute Gasteiger partial charge is 0.309 e. The van der Waals surface area contributed by atoms with E-state index in [1.807, 2.05) is 0 Å². The van der Waals surface area contributed by atoms with Crippen LogP contribution in [0.1, 0.15) is 59.3 Å². The minimum atomic E-state index is -0.251. The number of fused-ring (bicyclic) bond motifs is 1. The van der Waals surface area contributed by atoms with E-state index in [4.69, 9.17) is 4.74 Å². The Morgan fingerprint density at radius 2 is 2.05 bits per heavy atom. The molecule has 0 saturated heterocycles. The van der Waals surface area contributed by atoms with Crippen molar-refractivity contribution in [1.82, 2.24) is 0 Å². The zero-order valence-corrected chi connectivity index (χ0v) is 13.1. The van der Waals surface area contributed by atoms with E-state index in [0.29, 0.717) is 18.8 Å². The second-order valence-electron chi connectivity index (χ2n) is 6.90. The maximum atomic E-state index is 12.3. The molecule has 0 aromatic heterocycles. The number of rotatable bonds is 2. The molecule has 0 aromatic carbocycles. The standard InChI is InChI=1S/C17H26O3/c1-11(2)14-7-8-17(3)10-13(18)9-12(16(19)20-4)5-6-15(14)17/h11-12H,5-10H2,1-4H3/t12-,17+/m1/s1. The fourth-order valence-corrected chi connectivity index (χ4v) is 3.97. The molecule has 0 unspecified atom stereocenters. The molecule has 1 saturated carbocycles. The van der Waals surface area contributed by atoms with Gasteiger partial charge < -0.3 is 4.74 Å². The van der Waals surface area contributed by atoms with Gasteiger partial charge in [-0.05, 0) is 37.0 Å². The van der Waals surface area contributed by atoms with Crippen LogP contribution in [0.25, 0.3) is 0 Å². The monoisotopic (exact) mass is 278 g/mol. The first-order valence-electron chi connectivity index (χ1n) is 7.69. The second kappa shape index (κ2) is 5.71. The average Bonchev–Trinajstić information content (AvgIpc) is 2.68. The fourth-order valence-electron chi connectivity index (χ4n) is 3.97. The highest BCUT2D eigenvalue weighted by molar-refractivity contribution is 5.85. The number of Topliss-reactive ketones (excluding diaryl/α,β-unsaturated/α-hetero) is 1. The van der Waals surface area contributed by atoms with Crippen molar-refractivity contribution >= 4 is 11.8 Å². The highest BCUT2D eigenvalue weighted by Gasteiger charge is 2.41. The van der Waals surface area contributed by atoms with Gasteiger partial charge in [0.1, 0.15) is 5.78 Å². The van der Waals surface area contributed by atoms with Crippen LogP contribution in [0.2, 0.25) is 0 Å². The average molecular weight is 278 g/mol. The first kappa shape index (κ1) is 15.3. The van der Waals surface area contributed by atoms with Gasteiger partial charge in [-0.3, -0.25) is 9.59 Å². The Morgan fingerprint density at radius 1 is 1.35 bits per heavy atom. The lowest BCUT2D eigenvalue weighted by atomic mass is 9.72. The van der Waals surface area contributed by atoms with E-state index in [2.05, 4.69) is 20.8 Å². The minimum absolute atomic E-state index is 0.0395. The Labute approximate surface area is 121 Å². The Kier molecular flexibility index (Phi) is 4.36. The number of ether oxygens (including phenoxy) is 1. The predicted molar refractivity (Wildman–Crippen MR) is 78.2 cm³/mol. The summed E-state index contributed by atoms with van der Waals surface area (Å²) in [6.45, 7) is 6.69. The van der Waals surface area contributed by atoms with Gasteiger partial charge in [-0.1, -0.05) is 31.9 Å². The predicted octanol–water partition coefficient (Wildman–Crippen LogP) is 3.67. The molecule has 0 radical (unpaired) electrons. The molecular weight excluding hydrogens is 252 g/mol. The van der Waals surface area contributed by atoms with E-state index < -0.39 is 0 Å². The van der Waals surface area contributed by atoms with Crippen molar-refractivity contribution < 1.29 is 14.3 Å². The van der Waals surface area contributed by atoms with Gasteiger partial charge in [0, 0.05) is 12.8 Å². The number of carbonyl (C=O) groups is 2. The van der Waals surface area contributed by atoms with Crippen LogP contribution in [0, 0.1) is 17.3 Å². The van der Waals surface area contributed by atoms with Crippen molar-refractivity contribution in [1.29, 1.82) is 0 Å². The van der Waals surface area contributed by atoms with Crippen LogP contribution < -0.4 is 0 Å². The van der Waals surface area contributed by atoms with Crippen LogP contribution in [0.15, 0.2) is 11.1 Å². The van der Waals surface area contributed by atoms with E-state index in [1.165, 1.54) is 18.3 Å². The van der Waals surface area contributed by atoms with Crippen molar-refractivity contribution in [2.45, 2.75) is 59.3 Å². The normalized spacial score (nSPS) is 31.1. The molecule has 2 aliphatic rings. The molecule has 0 spiro atoms. The molecule has 0 heterocycles. The molecule has 0 N–H and O–H groups in total. The quantitative estimate of drug-likeness (QED) is 0.572. The van der Waals surface area contributed by atoms with Crippen LogP contribution in [-0.2, 0) is 14.3 Å². The molecule has 2 atom stereocenters. The molecule has 0 amide bonds. The van der Waals surface area contributed by atoms with Gasteiger partial charge in [0.15, 0.2) is 0 Å². The topological polar surface area (TPSA) is 43.4 Å². The summed E-state index contributed by atoms with van der Waals surface area (Å²) in [5.41, 5.74) is 3.01. The summed E-state index contributed by atoms with van der Waals surface area (Å²) in [5, 5.41) is 0. The van der Waals surface area contributed by atoms with Crippen LogP contribution in [0.4, 0.5) is 0 Å². The lowest BCUT2D eigenvalue weighted by Gasteiger charge is -2.32. The molecule has 0 bridgehead atoms. The summed E-state index contributed by atoms with van der Waals surface area (Å²) in [5.74, 6) is 0.272. The van der Waals surface area contributed by atoms with Crippen molar-refractivity contribution in [3.63, 3.8) is 0 Å². The number of hydrogen-bond acceptors (Lipinski definition) is 3. The Bertz CT molecular complexity index is 447. The van der Waals surface area contributed by atoms with Crippen molar-refractivity contribution in [3.05, 3.63) is 11.1 Å². The zero-order valence-electron chi connectivity index (χ0n) is 13.1. The Hall–Kier alpha value is -1.12. The van der Waals surface area contributed by atoms with E-state index in [0.717, 1.165) is 25.7 Å². The van der Waals surface area contributed by atoms with Crippen molar-refractivity contribution in [3.8, 4) is 0 Å². The fraction of sp³-hybridized carbons (Fsp3) is 0.765. The SMILES string of the molecule is COC(=O)[C@@H]1CCC2=C(C(C)C)CC[C@@]2(C)CC(=O)C1. The first-order valence-corrected chi connectivity index (χ1v) is 7.69. The molecule has 3 heteroatoms. The summed E-state index contributed by atoms with van der Waals surface area (Å²) < 4.78 is 4.84. The maximum Gasteiger partial charge on any atom is 0.309 e. The van der Waals surface area contributed by atoms with Gasteiger partial charge in [-0.25, -0.2) is 0 Å². The van der Waals surface area contributed by atoms with E-state index in [-0.39, 0.29) is 23.1 Å². The maximum absolute atomic E-state index is 12.3. The van der Waals surface area contributed by atoms with E-state index in [1.54, 1.807) is 0 Å². The number of ketones is 1. The lowest BCUT2D eigenvalue weighted by molar-refractivity contribution is -0.147. The van der Waals surface area contributed by atoms with Gasteiger partial charge in [0.25, 0.3) is 0 Å². The first-order chi connectivity index (χ1) is 9.37. The van der Waals surface area contributed by atoms with Crippen molar-refractivity contribution in [2.24, 2.45) is 17.3 Å². The number of hydrogen-bond donors (Lipinski definition) is 0. The van der Waals surface area contributed by atoms with Gasteiger partial charge in [-0.15, -0.1) is 0 Å². The van der Waals surface area contributed by atoms with Crippen molar-refractivity contribution in [2.75, 3.05) is 7.11 Å². The van der Waals surface area contributed by atoms with Gasteiger partial charge in [-0.2, -0.15) is 0 Å². The largest absolute Gasteiger partial charge is 0.469 e. The molecule has 20 heavy (non-hydrogen) atoms. The summed E-state index contributed by atoms with van der Waals surface area (Å²) in [7, 11) is 1.41. The number of carbonyl (C=O) groups excluding carboxylic acids is 2. The van der Waals surface area contributed by atoms with Crippen LogP contribution >= 0.6 is 0 Å². The molecule has 3 nitrogen and oxygen atoms in total. The summed E-state index contributed by atoms with van der Waals surface area (Å²) in [6.07, 6.45) is 4.83. The minimum Gasteiger partial charge on any atom is -0.469 e. The number of methoxy groups -OCH3 is 1. The van der Waals surface area contributed by atoms with Gasteiger partial charge >= 0.3 is 5.97 Å². The summed E-state index contributed by atoms with van der Waals surface area (Å²) in [6, 6.07) is 0. The second-order valence-corrected chi connectivity index (χ2v) is 6.90. The van der Waals surface area contributed by atoms with Crippen LogP contribution in [-0.4, -0.2) is 18.9 Å².